The molecule has 60 valence electrons. The smallest absolute Gasteiger partial charge is 0.290 e. The van der Waals surface area contributed by atoms with Crippen molar-refractivity contribution in [2.75, 3.05) is 13.1 Å². The van der Waals surface area contributed by atoms with Crippen molar-refractivity contribution in [2.24, 2.45) is 5.41 Å². The molecule has 1 heterocycles. The van der Waals surface area contributed by atoms with Gasteiger partial charge in [-0.3, -0.25) is 4.79 Å². The van der Waals surface area contributed by atoms with Crippen molar-refractivity contribution >= 4 is 6.47 Å². The van der Waals surface area contributed by atoms with Crippen molar-refractivity contribution in [3.05, 3.63) is 0 Å². The lowest BCUT2D eigenvalue weighted by molar-refractivity contribution is -0.122. The molecule has 10 heavy (non-hydrogen) atoms. The Labute approximate surface area is 61.4 Å². The van der Waals surface area contributed by atoms with Crippen LogP contribution in [0, 0.1) is 5.41 Å². The van der Waals surface area contributed by atoms with Crippen LogP contribution in [0.25, 0.3) is 0 Å². The van der Waals surface area contributed by atoms with Crippen LogP contribution in [0.2, 0.25) is 0 Å². The molecule has 0 aromatic heterocycles. The van der Waals surface area contributed by atoms with Crippen LogP contribution < -0.4 is 5.32 Å². The Balaban J connectivity index is 0.000000236. The van der Waals surface area contributed by atoms with E-state index in [-0.39, 0.29) is 6.47 Å². The zero-order chi connectivity index (χ0) is 8.04. The highest BCUT2D eigenvalue weighted by atomic mass is 16.3. The maximum atomic E-state index is 8.36. The number of nitrogens with one attached hydrogen (secondary N) is 1. The highest BCUT2D eigenvalue weighted by Crippen LogP contribution is 2.21. The Morgan fingerprint density at radius 1 is 1.60 bits per heavy atom. The van der Waals surface area contributed by atoms with Gasteiger partial charge in [-0.05, 0) is 18.4 Å². The van der Waals surface area contributed by atoms with E-state index in [9.17, 15) is 0 Å². The van der Waals surface area contributed by atoms with Crippen LogP contribution in [0.4, 0.5) is 0 Å². The molecular weight excluding hydrogens is 130 g/mol. The van der Waals surface area contributed by atoms with Crippen LogP contribution in [0.3, 0.4) is 0 Å². The van der Waals surface area contributed by atoms with E-state index in [1.165, 1.54) is 19.5 Å². The van der Waals surface area contributed by atoms with Crippen molar-refractivity contribution in [1.29, 1.82) is 0 Å². The van der Waals surface area contributed by atoms with E-state index in [4.69, 9.17) is 9.90 Å². The van der Waals surface area contributed by atoms with Crippen molar-refractivity contribution in [3.8, 4) is 0 Å². The van der Waals surface area contributed by atoms with Crippen molar-refractivity contribution in [2.45, 2.75) is 20.3 Å². The molecule has 1 saturated heterocycles. The summed E-state index contributed by atoms with van der Waals surface area (Å²) >= 11 is 0. The first-order valence-electron chi connectivity index (χ1n) is 3.41. The van der Waals surface area contributed by atoms with Gasteiger partial charge in [0.25, 0.3) is 6.47 Å². The van der Waals surface area contributed by atoms with E-state index < -0.39 is 0 Å². The van der Waals surface area contributed by atoms with Crippen LogP contribution in [-0.2, 0) is 4.79 Å². The Hall–Kier alpha value is -0.570. The summed E-state index contributed by atoms with van der Waals surface area (Å²) in [4.78, 5) is 8.36. The summed E-state index contributed by atoms with van der Waals surface area (Å²) in [6.45, 7) is 6.76. The van der Waals surface area contributed by atoms with E-state index in [0.717, 1.165) is 0 Å². The predicted molar refractivity (Wildman–Crippen MR) is 40.0 cm³/mol. The molecule has 0 unspecified atom stereocenters. The molecule has 0 radical (unpaired) electrons. The van der Waals surface area contributed by atoms with E-state index >= 15 is 0 Å². The monoisotopic (exact) mass is 145 g/mol. The van der Waals surface area contributed by atoms with E-state index in [1.807, 2.05) is 0 Å². The van der Waals surface area contributed by atoms with Gasteiger partial charge in [0.1, 0.15) is 0 Å². The fraction of sp³-hybridized carbons (Fsp3) is 0.857. The fourth-order valence-electron chi connectivity index (χ4n) is 0.942. The maximum Gasteiger partial charge on any atom is 0.290 e. The van der Waals surface area contributed by atoms with Gasteiger partial charge >= 0.3 is 0 Å². The summed E-state index contributed by atoms with van der Waals surface area (Å²) < 4.78 is 0. The molecular formula is C7H15NO2. The van der Waals surface area contributed by atoms with E-state index in [0.29, 0.717) is 5.41 Å². The summed E-state index contributed by atoms with van der Waals surface area (Å²) in [5, 5.41) is 10.2. The number of carbonyl (C=O) groups is 1. The highest BCUT2D eigenvalue weighted by molar-refractivity contribution is 5.32. The summed E-state index contributed by atoms with van der Waals surface area (Å²) in [6, 6.07) is 0. The van der Waals surface area contributed by atoms with Crippen LogP contribution in [-0.4, -0.2) is 24.7 Å². The lowest BCUT2D eigenvalue weighted by Crippen LogP contribution is -2.15. The molecule has 0 amide bonds. The second-order valence-corrected chi connectivity index (χ2v) is 3.20. The highest BCUT2D eigenvalue weighted by Gasteiger charge is 2.21. The van der Waals surface area contributed by atoms with Gasteiger partial charge in [0.15, 0.2) is 0 Å². The summed E-state index contributed by atoms with van der Waals surface area (Å²) in [5.41, 5.74) is 0.583. The molecule has 1 rings (SSSR count). The van der Waals surface area contributed by atoms with Crippen molar-refractivity contribution < 1.29 is 9.90 Å². The minimum Gasteiger partial charge on any atom is -0.483 e. The second kappa shape index (κ2) is 4.28. The third-order valence-corrected chi connectivity index (χ3v) is 1.58. The van der Waals surface area contributed by atoms with Crippen LogP contribution in [0.15, 0.2) is 0 Å². The molecule has 1 aliphatic rings. The normalized spacial score (nSPS) is 21.0. The Morgan fingerprint density at radius 3 is 2.20 bits per heavy atom. The number of hydrogen-bond acceptors (Lipinski definition) is 2. The number of rotatable bonds is 0. The van der Waals surface area contributed by atoms with Crippen LogP contribution >= 0.6 is 0 Å². The molecule has 0 atom stereocenters. The first kappa shape index (κ1) is 9.43. The maximum absolute atomic E-state index is 8.36. The standard InChI is InChI=1S/C6H13N.CH2O2/c1-6(2)3-4-7-5-6;2-1-3/h7H,3-5H2,1-2H3;1H,(H,2,3). The molecule has 1 aliphatic heterocycles. The molecule has 0 aliphatic carbocycles. The van der Waals surface area contributed by atoms with Gasteiger partial charge in [0.05, 0.1) is 0 Å². The summed E-state index contributed by atoms with van der Waals surface area (Å²) in [6.07, 6.45) is 1.34. The molecule has 0 bridgehead atoms. The summed E-state index contributed by atoms with van der Waals surface area (Å²) in [5.74, 6) is 0. The minimum absolute atomic E-state index is 0.250. The van der Waals surface area contributed by atoms with Crippen molar-refractivity contribution in [3.63, 3.8) is 0 Å². The zero-order valence-corrected chi connectivity index (χ0v) is 6.55. The average Bonchev–Trinajstić information content (AvgIpc) is 2.16. The molecule has 0 saturated carbocycles. The van der Waals surface area contributed by atoms with Gasteiger partial charge in [-0.1, -0.05) is 13.8 Å². The fourth-order valence-corrected chi connectivity index (χ4v) is 0.942. The lowest BCUT2D eigenvalue weighted by Gasteiger charge is -2.12. The topological polar surface area (TPSA) is 49.3 Å². The van der Waals surface area contributed by atoms with Crippen LogP contribution in [0.5, 0.6) is 0 Å². The van der Waals surface area contributed by atoms with Crippen LogP contribution in [0.1, 0.15) is 20.3 Å². The molecule has 0 spiro atoms. The summed E-state index contributed by atoms with van der Waals surface area (Å²) in [7, 11) is 0. The Morgan fingerprint density at radius 2 is 2.10 bits per heavy atom. The zero-order valence-electron chi connectivity index (χ0n) is 6.55. The quantitative estimate of drug-likeness (QED) is 0.493. The average molecular weight is 145 g/mol. The van der Waals surface area contributed by atoms with Gasteiger partial charge in [0.2, 0.25) is 0 Å². The van der Waals surface area contributed by atoms with Gasteiger partial charge in [0, 0.05) is 6.54 Å². The number of hydrogen-bond donors (Lipinski definition) is 2. The number of carboxylic acid groups (broad SMARTS) is 1. The van der Waals surface area contributed by atoms with Crippen molar-refractivity contribution in [1.82, 2.24) is 5.32 Å². The van der Waals surface area contributed by atoms with Gasteiger partial charge in [-0.25, -0.2) is 0 Å². The molecule has 0 aromatic carbocycles. The first-order valence-corrected chi connectivity index (χ1v) is 3.41. The minimum atomic E-state index is -0.250. The molecule has 3 nitrogen and oxygen atoms in total. The predicted octanol–water partition coefficient (Wildman–Crippen LogP) is 0.707. The van der Waals surface area contributed by atoms with Gasteiger partial charge in [-0.15, -0.1) is 0 Å². The SMILES string of the molecule is CC1(C)CCNC1.O=CO. The first-order chi connectivity index (χ1) is 4.62. The largest absolute Gasteiger partial charge is 0.483 e. The molecule has 2 N–H and O–H groups in total. The second-order valence-electron chi connectivity index (χ2n) is 3.20. The van der Waals surface area contributed by atoms with Gasteiger partial charge in [-0.2, -0.15) is 0 Å². The van der Waals surface area contributed by atoms with Gasteiger partial charge < -0.3 is 10.4 Å². The molecule has 1 fully saturated rings. The van der Waals surface area contributed by atoms with E-state index in [1.54, 1.807) is 0 Å². The third kappa shape index (κ3) is 4.32. The molecule has 0 aromatic rings. The Bertz CT molecular complexity index is 93.8. The lowest BCUT2D eigenvalue weighted by atomic mass is 9.93. The molecule has 3 heteroatoms. The Kier molecular flexibility index (Phi) is 4.03. The third-order valence-electron chi connectivity index (χ3n) is 1.58. The van der Waals surface area contributed by atoms with E-state index in [2.05, 4.69) is 19.2 Å².